The summed E-state index contributed by atoms with van der Waals surface area (Å²) in [6.45, 7) is 2.43. The van der Waals surface area contributed by atoms with E-state index in [-0.39, 0.29) is 5.92 Å². The van der Waals surface area contributed by atoms with Crippen molar-refractivity contribution in [2.45, 2.75) is 25.7 Å². The maximum atomic E-state index is 5.14. The molecule has 2 heteroatoms. The number of imidazole rings is 1. The molecule has 1 heterocycles. The second-order valence-corrected chi connectivity index (χ2v) is 15.4. The first-order valence-electron chi connectivity index (χ1n) is 19.9. The Labute approximate surface area is 327 Å². The molecule has 0 bridgehead atoms. The minimum absolute atomic E-state index is 0.248. The summed E-state index contributed by atoms with van der Waals surface area (Å²) in [5.41, 5.74) is 13.7. The zero-order chi connectivity index (χ0) is 37.2. The number of fused-ring (bicyclic) bond motifs is 4. The van der Waals surface area contributed by atoms with Gasteiger partial charge >= 0.3 is 0 Å². The molecule has 9 aromatic rings. The van der Waals surface area contributed by atoms with Gasteiger partial charge in [-0.25, -0.2) is 4.98 Å². The fraction of sp³-hybridized carbons (Fsp3) is 0.0926. The molecule has 2 atom stereocenters. The van der Waals surface area contributed by atoms with Crippen molar-refractivity contribution in [2.24, 2.45) is 5.92 Å². The fourth-order valence-corrected chi connectivity index (χ4v) is 9.53. The van der Waals surface area contributed by atoms with Crippen LogP contribution in [0, 0.1) is 5.92 Å². The van der Waals surface area contributed by atoms with E-state index in [1.165, 1.54) is 71.3 Å². The van der Waals surface area contributed by atoms with Gasteiger partial charge in [0.1, 0.15) is 5.82 Å². The molecule has 2 nitrogen and oxygen atoms in total. The Kier molecular flexibility index (Phi) is 7.70. The molecule has 11 rings (SSSR count). The lowest BCUT2D eigenvalue weighted by Crippen LogP contribution is -2.16. The summed E-state index contributed by atoms with van der Waals surface area (Å²) < 4.78 is 2.27. The third-order valence-corrected chi connectivity index (χ3v) is 12.3. The Morgan fingerprint density at radius 2 is 1.25 bits per heavy atom. The van der Waals surface area contributed by atoms with E-state index in [0.717, 1.165) is 41.0 Å². The largest absolute Gasteiger partial charge is 0.292 e. The maximum absolute atomic E-state index is 5.14. The van der Waals surface area contributed by atoms with Crippen molar-refractivity contribution >= 4 is 43.4 Å². The van der Waals surface area contributed by atoms with Gasteiger partial charge in [-0.05, 0) is 126 Å². The number of rotatable bonds is 5. The van der Waals surface area contributed by atoms with Gasteiger partial charge in [0.05, 0.1) is 11.0 Å². The molecule has 0 aliphatic heterocycles. The highest BCUT2D eigenvalue weighted by atomic mass is 15.1. The number of benzene rings is 8. The highest BCUT2D eigenvalue weighted by Gasteiger charge is 2.29. The molecular formula is C54H40N2. The maximum Gasteiger partial charge on any atom is 0.145 e. The molecule has 0 amide bonds. The molecule has 0 radical (unpaired) electrons. The Morgan fingerprint density at radius 3 is 2.12 bits per heavy atom. The van der Waals surface area contributed by atoms with Crippen LogP contribution >= 0.6 is 0 Å². The number of aromatic nitrogens is 2. The third kappa shape index (κ3) is 5.28. The second-order valence-electron chi connectivity index (χ2n) is 15.4. The van der Waals surface area contributed by atoms with E-state index >= 15 is 0 Å². The molecule has 0 fully saturated rings. The zero-order valence-corrected chi connectivity index (χ0v) is 31.4. The summed E-state index contributed by atoms with van der Waals surface area (Å²) >= 11 is 0. The molecule has 0 saturated carbocycles. The molecule has 0 spiro atoms. The van der Waals surface area contributed by atoms with Gasteiger partial charge in [-0.3, -0.25) is 4.57 Å². The van der Waals surface area contributed by atoms with Crippen molar-refractivity contribution in [3.63, 3.8) is 0 Å². The number of hydrogen-bond acceptors (Lipinski definition) is 1. The second kappa shape index (κ2) is 13.2. The lowest BCUT2D eigenvalue weighted by Gasteiger charge is -2.32. The molecule has 0 saturated heterocycles. The quantitative estimate of drug-likeness (QED) is 0.162. The molecule has 266 valence electrons. The predicted molar refractivity (Wildman–Crippen MR) is 236 cm³/mol. The van der Waals surface area contributed by atoms with Crippen LogP contribution in [0.3, 0.4) is 0 Å². The third-order valence-electron chi connectivity index (χ3n) is 12.3. The summed E-state index contributed by atoms with van der Waals surface area (Å²) in [7, 11) is 0. The molecule has 8 aromatic carbocycles. The molecule has 1 aromatic heterocycles. The van der Waals surface area contributed by atoms with Crippen molar-refractivity contribution in [2.75, 3.05) is 0 Å². The molecular weight excluding hydrogens is 677 g/mol. The predicted octanol–water partition coefficient (Wildman–Crippen LogP) is 14.4. The molecule has 2 aliphatic rings. The first-order valence-corrected chi connectivity index (χ1v) is 19.9. The van der Waals surface area contributed by atoms with Crippen LogP contribution in [0.25, 0.3) is 82.7 Å². The van der Waals surface area contributed by atoms with E-state index in [2.05, 4.69) is 200 Å². The Balaban J connectivity index is 1.11. The van der Waals surface area contributed by atoms with Gasteiger partial charge in [0.2, 0.25) is 0 Å². The standard InChI is InChI=1S/C54H40N2/c1-35-44-18-8-7-14-38(44)29-31-45(35)53-47-20-10-9-19-46(47)52(42-28-25-36-13-5-6-15-40(36)33-42)48-32-30-41(34-49(48)53)37-23-26-39(27-24-37)54-55-50-21-11-12-22-51(50)56(54)43-16-3-2-4-17-43/h2-6,8-13,15-35,45H,7,14H2,1H3. The number of nitrogens with zero attached hydrogens (tertiary/aromatic N) is 2. The van der Waals surface area contributed by atoms with E-state index in [1.54, 1.807) is 0 Å². The average Bonchev–Trinajstić information content (AvgIpc) is 3.66. The van der Waals surface area contributed by atoms with E-state index in [0.29, 0.717) is 5.92 Å². The summed E-state index contributed by atoms with van der Waals surface area (Å²) in [6.07, 6.45) is 11.9. The molecule has 56 heavy (non-hydrogen) atoms. The van der Waals surface area contributed by atoms with Crippen LogP contribution in [0.4, 0.5) is 0 Å². The molecule has 2 unspecified atom stereocenters. The van der Waals surface area contributed by atoms with Crippen LogP contribution < -0.4 is 0 Å². The van der Waals surface area contributed by atoms with Crippen molar-refractivity contribution < 1.29 is 0 Å². The van der Waals surface area contributed by atoms with E-state index in [4.69, 9.17) is 4.98 Å². The number of hydrogen-bond donors (Lipinski definition) is 0. The summed E-state index contributed by atoms with van der Waals surface area (Å²) in [5.74, 6) is 1.56. The zero-order valence-electron chi connectivity index (χ0n) is 31.4. The van der Waals surface area contributed by atoms with E-state index in [9.17, 15) is 0 Å². The first-order chi connectivity index (χ1) is 27.7. The minimum Gasteiger partial charge on any atom is -0.292 e. The Bertz CT molecular complexity index is 3080. The fourth-order valence-electron chi connectivity index (χ4n) is 9.53. The van der Waals surface area contributed by atoms with E-state index < -0.39 is 0 Å². The van der Waals surface area contributed by atoms with Gasteiger partial charge in [-0.2, -0.15) is 0 Å². The summed E-state index contributed by atoms with van der Waals surface area (Å²) in [4.78, 5) is 5.14. The molecule has 2 aliphatic carbocycles. The van der Waals surface area contributed by atoms with Crippen molar-refractivity contribution in [3.8, 4) is 39.3 Å². The van der Waals surface area contributed by atoms with Crippen LogP contribution in [0.15, 0.2) is 199 Å². The smallest absolute Gasteiger partial charge is 0.145 e. The van der Waals surface area contributed by atoms with Crippen LogP contribution in [0.1, 0.15) is 31.2 Å². The van der Waals surface area contributed by atoms with Gasteiger partial charge < -0.3 is 0 Å². The van der Waals surface area contributed by atoms with Gasteiger partial charge in [-0.1, -0.05) is 159 Å². The number of allylic oxidation sites excluding steroid dienone is 6. The average molecular weight is 717 g/mol. The Morgan fingerprint density at radius 1 is 0.554 bits per heavy atom. The van der Waals surface area contributed by atoms with Crippen LogP contribution in [0.2, 0.25) is 0 Å². The minimum atomic E-state index is 0.248. The van der Waals surface area contributed by atoms with Crippen LogP contribution in [0.5, 0.6) is 0 Å². The number of para-hydroxylation sites is 3. The van der Waals surface area contributed by atoms with Gasteiger partial charge in [0.15, 0.2) is 0 Å². The highest BCUT2D eigenvalue weighted by Crippen LogP contribution is 2.49. The summed E-state index contributed by atoms with van der Waals surface area (Å²) in [5, 5.41) is 7.78. The van der Waals surface area contributed by atoms with Gasteiger partial charge in [0.25, 0.3) is 0 Å². The van der Waals surface area contributed by atoms with Crippen molar-refractivity contribution in [3.05, 3.63) is 205 Å². The van der Waals surface area contributed by atoms with E-state index in [1.807, 2.05) is 0 Å². The summed E-state index contributed by atoms with van der Waals surface area (Å²) in [6, 6.07) is 59.9. The monoisotopic (exact) mass is 716 g/mol. The van der Waals surface area contributed by atoms with Crippen molar-refractivity contribution in [1.29, 1.82) is 0 Å². The SMILES string of the molecule is CC1C2=C(C=CC1c1c3ccccc3c(-c3ccc4ccccc4c3)c3ccc(-c4ccc(-c5nc6ccccc6n5-c5ccccc5)cc4)cc13)CCC=C2. The van der Waals surface area contributed by atoms with Crippen LogP contribution in [-0.2, 0) is 0 Å². The van der Waals surface area contributed by atoms with Crippen LogP contribution in [-0.4, -0.2) is 9.55 Å². The normalized spacial score (nSPS) is 16.7. The van der Waals surface area contributed by atoms with Crippen molar-refractivity contribution in [1.82, 2.24) is 9.55 Å². The topological polar surface area (TPSA) is 17.8 Å². The lowest BCUT2D eigenvalue weighted by atomic mass is 9.72. The first kappa shape index (κ1) is 32.6. The Hall–Kier alpha value is -6.77. The lowest BCUT2D eigenvalue weighted by molar-refractivity contribution is 0.602. The van der Waals surface area contributed by atoms with Gasteiger partial charge in [0, 0.05) is 17.2 Å². The van der Waals surface area contributed by atoms with Gasteiger partial charge in [-0.15, -0.1) is 0 Å². The highest BCUT2D eigenvalue weighted by molar-refractivity contribution is 6.16. The molecule has 0 N–H and O–H groups in total.